The Hall–Kier alpha value is -1.51. The number of methoxy groups -OCH3 is 1. The molecule has 82 valence electrons. The van der Waals surface area contributed by atoms with Gasteiger partial charge in [0, 0.05) is 0 Å². The maximum absolute atomic E-state index is 10.8. The Kier molecular flexibility index (Phi) is 4.68. The van der Waals surface area contributed by atoms with Gasteiger partial charge in [-0.1, -0.05) is 25.5 Å². The summed E-state index contributed by atoms with van der Waals surface area (Å²) in [6.07, 6.45) is 2.74. The maximum Gasteiger partial charge on any atom is 0.513 e. The second kappa shape index (κ2) is 6.06. The average Bonchev–Trinajstić information content (AvgIpc) is 2.28. The molecular formula is C12H16O3. The molecule has 3 heteroatoms. The Morgan fingerprint density at radius 2 is 1.93 bits per heavy atom. The molecule has 0 N–H and O–H groups in total. The van der Waals surface area contributed by atoms with Crippen molar-refractivity contribution in [3.8, 4) is 5.75 Å². The van der Waals surface area contributed by atoms with Gasteiger partial charge in [-0.05, 0) is 30.5 Å². The van der Waals surface area contributed by atoms with E-state index in [9.17, 15) is 4.79 Å². The van der Waals surface area contributed by atoms with E-state index in [-0.39, 0.29) is 0 Å². The van der Waals surface area contributed by atoms with Crippen LogP contribution < -0.4 is 4.74 Å². The zero-order chi connectivity index (χ0) is 11.1. The zero-order valence-electron chi connectivity index (χ0n) is 9.16. The molecule has 0 aliphatic carbocycles. The number of carbonyl (C=O) groups is 1. The minimum atomic E-state index is -0.684. The van der Waals surface area contributed by atoms with E-state index < -0.39 is 6.16 Å². The lowest BCUT2D eigenvalue weighted by molar-refractivity contribution is 0.121. The molecule has 0 heterocycles. The second-order valence-corrected chi connectivity index (χ2v) is 3.30. The molecule has 0 fully saturated rings. The van der Waals surface area contributed by atoms with Crippen LogP contribution in [0, 0.1) is 0 Å². The quantitative estimate of drug-likeness (QED) is 0.563. The Morgan fingerprint density at radius 3 is 2.47 bits per heavy atom. The molecule has 0 atom stereocenters. The predicted octanol–water partition coefficient (Wildman–Crippen LogP) is 3.17. The van der Waals surface area contributed by atoms with Gasteiger partial charge in [0.2, 0.25) is 0 Å². The Labute approximate surface area is 90.0 Å². The summed E-state index contributed by atoms with van der Waals surface area (Å²) in [5, 5.41) is 0. The monoisotopic (exact) mass is 208 g/mol. The number of aryl methyl sites for hydroxylation is 1. The van der Waals surface area contributed by atoms with Crippen molar-refractivity contribution in [3.63, 3.8) is 0 Å². The van der Waals surface area contributed by atoms with Crippen LogP contribution in [0.2, 0.25) is 0 Å². The highest BCUT2D eigenvalue weighted by Gasteiger charge is 2.02. The number of hydrogen-bond acceptors (Lipinski definition) is 3. The van der Waals surface area contributed by atoms with E-state index in [1.54, 1.807) is 12.1 Å². The van der Waals surface area contributed by atoms with Gasteiger partial charge >= 0.3 is 6.16 Å². The molecule has 0 bridgehead atoms. The molecule has 0 aromatic heterocycles. The maximum atomic E-state index is 10.8. The molecule has 0 spiro atoms. The van der Waals surface area contributed by atoms with E-state index in [2.05, 4.69) is 11.7 Å². The van der Waals surface area contributed by atoms with Crippen molar-refractivity contribution in [1.82, 2.24) is 0 Å². The van der Waals surface area contributed by atoms with E-state index in [1.165, 1.54) is 25.5 Å². The third-order valence-corrected chi connectivity index (χ3v) is 2.11. The third-order valence-electron chi connectivity index (χ3n) is 2.11. The Bertz CT molecular complexity index is 303. The smallest absolute Gasteiger partial charge is 0.437 e. The molecule has 0 saturated carbocycles. The lowest BCUT2D eigenvalue weighted by atomic mass is 10.1. The SMILES string of the molecule is CCCCc1ccc(OC(=O)OC)cc1. The van der Waals surface area contributed by atoms with Crippen LogP contribution in [0.4, 0.5) is 4.79 Å². The summed E-state index contributed by atoms with van der Waals surface area (Å²) >= 11 is 0. The first-order valence-electron chi connectivity index (χ1n) is 5.11. The van der Waals surface area contributed by atoms with Crippen molar-refractivity contribution >= 4 is 6.16 Å². The van der Waals surface area contributed by atoms with Crippen LogP contribution in [-0.2, 0) is 11.2 Å². The van der Waals surface area contributed by atoms with Gasteiger partial charge in [-0.15, -0.1) is 0 Å². The normalized spacial score (nSPS) is 9.73. The Balaban J connectivity index is 2.52. The lowest BCUT2D eigenvalue weighted by Gasteiger charge is -2.03. The predicted molar refractivity (Wildman–Crippen MR) is 58.1 cm³/mol. The van der Waals surface area contributed by atoms with Crippen molar-refractivity contribution in [2.24, 2.45) is 0 Å². The minimum Gasteiger partial charge on any atom is -0.437 e. The molecular weight excluding hydrogens is 192 g/mol. The summed E-state index contributed by atoms with van der Waals surface area (Å²) in [5.74, 6) is 0.516. The van der Waals surface area contributed by atoms with E-state index in [0.717, 1.165) is 6.42 Å². The molecule has 0 unspecified atom stereocenters. The van der Waals surface area contributed by atoms with Gasteiger partial charge in [0.1, 0.15) is 5.75 Å². The summed E-state index contributed by atoms with van der Waals surface area (Å²) in [7, 11) is 1.29. The summed E-state index contributed by atoms with van der Waals surface area (Å²) in [6, 6.07) is 7.49. The minimum absolute atomic E-state index is 0.516. The van der Waals surface area contributed by atoms with Crippen molar-refractivity contribution in [2.75, 3.05) is 7.11 Å². The van der Waals surface area contributed by atoms with Crippen molar-refractivity contribution < 1.29 is 14.3 Å². The largest absolute Gasteiger partial charge is 0.513 e. The number of benzene rings is 1. The highest BCUT2D eigenvalue weighted by molar-refractivity contribution is 5.63. The van der Waals surface area contributed by atoms with Crippen LogP contribution in [0.1, 0.15) is 25.3 Å². The average molecular weight is 208 g/mol. The second-order valence-electron chi connectivity index (χ2n) is 3.30. The fraction of sp³-hybridized carbons (Fsp3) is 0.417. The number of rotatable bonds is 4. The summed E-state index contributed by atoms with van der Waals surface area (Å²) in [6.45, 7) is 2.16. The van der Waals surface area contributed by atoms with Gasteiger partial charge in [-0.25, -0.2) is 4.79 Å². The van der Waals surface area contributed by atoms with Crippen LogP contribution in [0.3, 0.4) is 0 Å². The van der Waals surface area contributed by atoms with Gasteiger partial charge in [0.05, 0.1) is 7.11 Å². The van der Waals surface area contributed by atoms with E-state index in [1.807, 2.05) is 12.1 Å². The summed E-state index contributed by atoms with van der Waals surface area (Å²) in [5.41, 5.74) is 1.26. The summed E-state index contributed by atoms with van der Waals surface area (Å²) < 4.78 is 9.25. The molecule has 0 aliphatic rings. The zero-order valence-corrected chi connectivity index (χ0v) is 9.16. The van der Waals surface area contributed by atoms with E-state index in [0.29, 0.717) is 5.75 Å². The molecule has 0 radical (unpaired) electrons. The molecule has 3 nitrogen and oxygen atoms in total. The van der Waals surface area contributed by atoms with E-state index in [4.69, 9.17) is 4.74 Å². The van der Waals surface area contributed by atoms with Crippen molar-refractivity contribution in [2.45, 2.75) is 26.2 Å². The van der Waals surface area contributed by atoms with Gasteiger partial charge in [-0.2, -0.15) is 0 Å². The van der Waals surface area contributed by atoms with Gasteiger partial charge in [-0.3, -0.25) is 0 Å². The third kappa shape index (κ3) is 4.02. The number of carbonyl (C=O) groups excluding carboxylic acids is 1. The van der Waals surface area contributed by atoms with Crippen molar-refractivity contribution in [1.29, 1.82) is 0 Å². The van der Waals surface area contributed by atoms with Crippen LogP contribution >= 0.6 is 0 Å². The first kappa shape index (κ1) is 11.6. The first-order chi connectivity index (χ1) is 7.26. The molecule has 0 amide bonds. The van der Waals surface area contributed by atoms with E-state index >= 15 is 0 Å². The highest BCUT2D eigenvalue weighted by atomic mass is 16.7. The van der Waals surface area contributed by atoms with Crippen molar-refractivity contribution in [3.05, 3.63) is 29.8 Å². The number of hydrogen-bond donors (Lipinski definition) is 0. The van der Waals surface area contributed by atoms with Gasteiger partial charge < -0.3 is 9.47 Å². The first-order valence-corrected chi connectivity index (χ1v) is 5.11. The molecule has 1 aromatic rings. The fourth-order valence-electron chi connectivity index (χ4n) is 1.24. The van der Waals surface area contributed by atoms with Crippen LogP contribution in [0.25, 0.3) is 0 Å². The molecule has 1 aromatic carbocycles. The molecule has 0 saturated heterocycles. The molecule has 1 rings (SSSR count). The van der Waals surface area contributed by atoms with Crippen LogP contribution in [0.15, 0.2) is 24.3 Å². The Morgan fingerprint density at radius 1 is 1.27 bits per heavy atom. The molecule has 15 heavy (non-hydrogen) atoms. The fourth-order valence-corrected chi connectivity index (χ4v) is 1.24. The summed E-state index contributed by atoms with van der Waals surface area (Å²) in [4.78, 5) is 10.8. The highest BCUT2D eigenvalue weighted by Crippen LogP contribution is 2.14. The molecule has 0 aliphatic heterocycles. The van der Waals surface area contributed by atoms with Gasteiger partial charge in [0.25, 0.3) is 0 Å². The topological polar surface area (TPSA) is 35.5 Å². The lowest BCUT2D eigenvalue weighted by Crippen LogP contribution is -2.07. The van der Waals surface area contributed by atoms with Crippen LogP contribution in [-0.4, -0.2) is 13.3 Å². The standard InChI is InChI=1S/C12H16O3/c1-3-4-5-10-6-8-11(9-7-10)15-12(13)14-2/h6-9H,3-5H2,1-2H3. The number of ether oxygens (including phenoxy) is 2. The number of unbranched alkanes of at least 4 members (excludes halogenated alkanes) is 1. The van der Waals surface area contributed by atoms with Crippen LogP contribution in [0.5, 0.6) is 5.75 Å². The van der Waals surface area contributed by atoms with Gasteiger partial charge in [0.15, 0.2) is 0 Å².